The minimum Gasteiger partial charge on any atom is -0.384 e. The van der Waals surface area contributed by atoms with Crippen LogP contribution < -0.4 is 5.32 Å². The number of anilines is 1. The maximum absolute atomic E-state index is 13.2. The minimum atomic E-state index is -0.629. The minimum absolute atomic E-state index is 0.0156. The summed E-state index contributed by atoms with van der Waals surface area (Å²) in [5.74, 6) is 4.12. The van der Waals surface area contributed by atoms with Gasteiger partial charge in [-0.05, 0) is 25.1 Å². The van der Waals surface area contributed by atoms with Crippen LogP contribution in [-0.2, 0) is 0 Å². The molecule has 2 rings (SSSR count). The zero-order valence-electron chi connectivity index (χ0n) is 10.5. The highest BCUT2D eigenvalue weighted by molar-refractivity contribution is 6.04. The van der Waals surface area contributed by atoms with E-state index in [-0.39, 0.29) is 23.7 Å². The fourth-order valence-electron chi connectivity index (χ4n) is 1.46. The molecule has 0 saturated heterocycles. The molecule has 0 aliphatic heterocycles. The Bertz CT molecular complexity index is 700. The van der Waals surface area contributed by atoms with E-state index in [4.69, 9.17) is 9.63 Å². The summed E-state index contributed by atoms with van der Waals surface area (Å²) in [5, 5.41) is 14.5. The SMILES string of the molecule is Cc1noc(NC(=O)c2cc(F)ccc2C#CCO)n1. The predicted molar refractivity (Wildman–Crippen MR) is 67.4 cm³/mol. The van der Waals surface area contributed by atoms with Gasteiger partial charge >= 0.3 is 6.01 Å². The number of nitrogens with one attached hydrogen (secondary N) is 1. The van der Waals surface area contributed by atoms with Crippen molar-refractivity contribution in [3.63, 3.8) is 0 Å². The number of halogens is 1. The first-order valence-electron chi connectivity index (χ1n) is 5.61. The number of benzene rings is 1. The van der Waals surface area contributed by atoms with Gasteiger partial charge in [-0.1, -0.05) is 17.0 Å². The van der Waals surface area contributed by atoms with Gasteiger partial charge in [-0.25, -0.2) is 4.39 Å². The molecule has 0 spiro atoms. The Balaban J connectivity index is 2.30. The first-order chi connectivity index (χ1) is 9.60. The third-order valence-corrected chi connectivity index (χ3v) is 2.28. The largest absolute Gasteiger partial charge is 0.384 e. The van der Waals surface area contributed by atoms with Crippen LogP contribution in [0.4, 0.5) is 10.4 Å². The van der Waals surface area contributed by atoms with Crippen molar-refractivity contribution in [1.29, 1.82) is 0 Å². The monoisotopic (exact) mass is 275 g/mol. The average Bonchev–Trinajstić information content (AvgIpc) is 2.82. The highest BCUT2D eigenvalue weighted by atomic mass is 19.1. The van der Waals surface area contributed by atoms with Gasteiger partial charge in [0.1, 0.15) is 12.4 Å². The molecular weight excluding hydrogens is 265 g/mol. The van der Waals surface area contributed by atoms with Crippen molar-refractivity contribution in [3.8, 4) is 11.8 Å². The summed E-state index contributed by atoms with van der Waals surface area (Å²) in [4.78, 5) is 15.8. The maximum Gasteiger partial charge on any atom is 0.328 e. The lowest BCUT2D eigenvalue weighted by Crippen LogP contribution is -2.14. The molecule has 1 aromatic heterocycles. The molecular formula is C13H10FN3O3. The number of aromatic nitrogens is 2. The maximum atomic E-state index is 13.2. The van der Waals surface area contributed by atoms with Crippen LogP contribution in [0.15, 0.2) is 22.7 Å². The van der Waals surface area contributed by atoms with E-state index < -0.39 is 11.7 Å². The lowest BCUT2D eigenvalue weighted by molar-refractivity contribution is 0.102. The van der Waals surface area contributed by atoms with Crippen LogP contribution in [0.1, 0.15) is 21.7 Å². The first kappa shape index (κ1) is 13.7. The van der Waals surface area contributed by atoms with Crippen LogP contribution in [0.25, 0.3) is 0 Å². The Kier molecular flexibility index (Phi) is 4.08. The molecule has 2 aromatic rings. The van der Waals surface area contributed by atoms with Crippen LogP contribution in [-0.4, -0.2) is 27.8 Å². The van der Waals surface area contributed by atoms with E-state index in [1.807, 2.05) is 0 Å². The number of rotatable bonds is 2. The van der Waals surface area contributed by atoms with E-state index in [1.165, 1.54) is 12.1 Å². The standard InChI is InChI=1S/C13H10FN3O3/c1-8-15-13(20-17-8)16-12(19)11-7-10(14)5-4-9(11)3-2-6-18/h4-5,7,18H,6H2,1H3,(H,15,16,17,19). The number of hydrogen-bond acceptors (Lipinski definition) is 5. The molecule has 0 atom stereocenters. The number of aliphatic hydroxyl groups excluding tert-OH is 1. The lowest BCUT2D eigenvalue weighted by Gasteiger charge is -2.03. The van der Waals surface area contributed by atoms with Crippen molar-refractivity contribution < 1.29 is 18.8 Å². The molecule has 0 radical (unpaired) electrons. The highest BCUT2D eigenvalue weighted by Crippen LogP contribution is 2.13. The summed E-state index contributed by atoms with van der Waals surface area (Å²) >= 11 is 0. The zero-order valence-corrected chi connectivity index (χ0v) is 10.5. The van der Waals surface area contributed by atoms with Crippen LogP contribution in [0.3, 0.4) is 0 Å². The Hall–Kier alpha value is -2.72. The van der Waals surface area contributed by atoms with Gasteiger partial charge in [0.15, 0.2) is 5.82 Å². The number of hydrogen-bond donors (Lipinski definition) is 2. The molecule has 0 saturated carbocycles. The second-order valence-corrected chi connectivity index (χ2v) is 3.75. The number of nitrogens with zero attached hydrogens (tertiary/aromatic N) is 2. The lowest BCUT2D eigenvalue weighted by atomic mass is 10.1. The highest BCUT2D eigenvalue weighted by Gasteiger charge is 2.14. The molecule has 6 nitrogen and oxygen atoms in total. The molecule has 0 unspecified atom stereocenters. The van der Waals surface area contributed by atoms with E-state index in [0.717, 1.165) is 6.07 Å². The van der Waals surface area contributed by atoms with Crippen LogP contribution in [0.2, 0.25) is 0 Å². The molecule has 102 valence electrons. The first-order valence-corrected chi connectivity index (χ1v) is 5.61. The van der Waals surface area contributed by atoms with E-state index in [9.17, 15) is 9.18 Å². The summed E-state index contributed by atoms with van der Waals surface area (Å²) < 4.78 is 18.0. The van der Waals surface area contributed by atoms with Gasteiger partial charge in [-0.15, -0.1) is 0 Å². The normalized spacial score (nSPS) is 9.75. The predicted octanol–water partition coefficient (Wildman–Crippen LogP) is 1.11. The van der Waals surface area contributed by atoms with Gasteiger partial charge in [0, 0.05) is 5.56 Å². The van der Waals surface area contributed by atoms with E-state index in [0.29, 0.717) is 5.82 Å². The van der Waals surface area contributed by atoms with Gasteiger partial charge in [-0.3, -0.25) is 10.1 Å². The van der Waals surface area contributed by atoms with Crippen LogP contribution in [0.5, 0.6) is 0 Å². The van der Waals surface area contributed by atoms with Gasteiger partial charge in [0.05, 0.1) is 5.56 Å². The van der Waals surface area contributed by atoms with Crippen molar-refractivity contribution in [3.05, 3.63) is 41.0 Å². The van der Waals surface area contributed by atoms with Gasteiger partial charge in [-0.2, -0.15) is 4.98 Å². The molecule has 20 heavy (non-hydrogen) atoms. The van der Waals surface area contributed by atoms with Gasteiger partial charge < -0.3 is 9.63 Å². The summed E-state index contributed by atoms with van der Waals surface area (Å²) in [6.07, 6.45) is 0. The summed E-state index contributed by atoms with van der Waals surface area (Å²) in [5.41, 5.74) is 0.302. The van der Waals surface area contributed by atoms with Crippen LogP contribution >= 0.6 is 0 Å². The number of carbonyl (C=O) groups is 1. The molecule has 0 aliphatic rings. The molecule has 1 amide bonds. The van der Waals surface area contributed by atoms with Crippen molar-refractivity contribution in [2.75, 3.05) is 11.9 Å². The number of aliphatic hydroxyl groups is 1. The summed E-state index contributed by atoms with van der Waals surface area (Å²) in [6.45, 7) is 1.24. The van der Waals surface area contributed by atoms with E-state index in [1.54, 1.807) is 6.92 Å². The number of carbonyl (C=O) groups excluding carboxylic acids is 1. The molecule has 1 heterocycles. The molecule has 1 aromatic carbocycles. The molecule has 0 bridgehead atoms. The molecule has 0 aliphatic carbocycles. The quantitative estimate of drug-likeness (QED) is 0.802. The van der Waals surface area contributed by atoms with Gasteiger partial charge in [0.2, 0.25) is 0 Å². The van der Waals surface area contributed by atoms with Crippen LogP contribution in [0, 0.1) is 24.6 Å². The molecule has 0 fully saturated rings. The van der Waals surface area contributed by atoms with Crippen molar-refractivity contribution in [2.45, 2.75) is 6.92 Å². The van der Waals surface area contributed by atoms with E-state index in [2.05, 4.69) is 27.3 Å². The number of aryl methyl sites for hydroxylation is 1. The molecule has 2 N–H and O–H groups in total. The third kappa shape index (κ3) is 3.18. The fraction of sp³-hybridized carbons (Fsp3) is 0.154. The van der Waals surface area contributed by atoms with Crippen molar-refractivity contribution in [2.24, 2.45) is 0 Å². The zero-order chi connectivity index (χ0) is 14.5. The van der Waals surface area contributed by atoms with Gasteiger partial charge in [0.25, 0.3) is 5.91 Å². The summed E-state index contributed by atoms with van der Waals surface area (Å²) in [6, 6.07) is 3.49. The topological polar surface area (TPSA) is 88.2 Å². The second-order valence-electron chi connectivity index (χ2n) is 3.75. The van der Waals surface area contributed by atoms with Crippen molar-refractivity contribution in [1.82, 2.24) is 10.1 Å². The van der Waals surface area contributed by atoms with E-state index >= 15 is 0 Å². The Labute approximate surface area is 113 Å². The molecule has 7 heteroatoms. The summed E-state index contributed by atoms with van der Waals surface area (Å²) in [7, 11) is 0. The number of amides is 1. The average molecular weight is 275 g/mol. The Morgan fingerprint density at radius 2 is 2.35 bits per heavy atom. The third-order valence-electron chi connectivity index (χ3n) is 2.28. The second kappa shape index (κ2) is 5.95. The Morgan fingerprint density at radius 1 is 1.55 bits per heavy atom. The Morgan fingerprint density at radius 3 is 3.00 bits per heavy atom. The fourth-order valence-corrected chi connectivity index (χ4v) is 1.46. The smallest absolute Gasteiger partial charge is 0.328 e. The van der Waals surface area contributed by atoms with Crippen molar-refractivity contribution >= 4 is 11.9 Å².